The lowest BCUT2D eigenvalue weighted by Crippen LogP contribution is -1.73. The lowest BCUT2D eigenvalue weighted by atomic mass is 10.6. The molecule has 1 heteroatoms. The SMILES string of the molecule is [CH2]CC[SiH2]C. The zero-order valence-corrected chi connectivity index (χ0v) is 5.24. The highest BCUT2D eigenvalue weighted by Gasteiger charge is 1.69. The van der Waals surface area contributed by atoms with Crippen LogP contribution in [0, 0.1) is 6.92 Å². The third-order valence-corrected chi connectivity index (χ3v) is 1.81. The van der Waals surface area contributed by atoms with Crippen molar-refractivity contribution >= 4 is 9.52 Å². The molecule has 1 radical (unpaired) electrons. The van der Waals surface area contributed by atoms with Gasteiger partial charge in [-0.05, 0) is 0 Å². The van der Waals surface area contributed by atoms with Crippen LogP contribution in [0.3, 0.4) is 0 Å². The lowest BCUT2D eigenvalue weighted by Gasteiger charge is -1.77. The molecule has 0 aromatic carbocycles. The van der Waals surface area contributed by atoms with Crippen molar-refractivity contribution in [2.75, 3.05) is 0 Å². The first kappa shape index (κ1) is 5.22. The third kappa shape index (κ3) is 4.22. The summed E-state index contributed by atoms with van der Waals surface area (Å²) in [5, 5.41) is 0. The van der Waals surface area contributed by atoms with Crippen molar-refractivity contribution in [2.24, 2.45) is 0 Å². The summed E-state index contributed by atoms with van der Waals surface area (Å²) in [6.07, 6.45) is 1.16. The molecule has 31 valence electrons. The summed E-state index contributed by atoms with van der Waals surface area (Å²) >= 11 is 0. The van der Waals surface area contributed by atoms with Crippen molar-refractivity contribution in [1.29, 1.82) is 0 Å². The van der Waals surface area contributed by atoms with Gasteiger partial charge < -0.3 is 0 Å². The van der Waals surface area contributed by atoms with Gasteiger partial charge in [0, 0.05) is 9.52 Å². The molecular formula is C4H11Si. The van der Waals surface area contributed by atoms with E-state index in [-0.39, 0.29) is 0 Å². The molecule has 5 heavy (non-hydrogen) atoms. The van der Waals surface area contributed by atoms with Crippen LogP contribution >= 0.6 is 0 Å². The predicted octanol–water partition coefficient (Wildman–Crippen LogP) is 0.846. The maximum atomic E-state index is 3.71. The summed E-state index contributed by atoms with van der Waals surface area (Å²) in [7, 11) is 0.351. The van der Waals surface area contributed by atoms with Gasteiger partial charge in [-0.2, -0.15) is 0 Å². The Labute approximate surface area is 36.4 Å². The van der Waals surface area contributed by atoms with Crippen LogP contribution in [-0.2, 0) is 0 Å². The molecule has 0 N–H and O–H groups in total. The van der Waals surface area contributed by atoms with Crippen LogP contribution in [0.25, 0.3) is 0 Å². The second-order valence-electron chi connectivity index (χ2n) is 1.21. The second kappa shape index (κ2) is 4.22. The predicted molar refractivity (Wildman–Crippen MR) is 29.2 cm³/mol. The average molecular weight is 87.2 g/mol. The lowest BCUT2D eigenvalue weighted by molar-refractivity contribution is 1.20. The maximum absolute atomic E-state index is 3.71. The Hall–Kier alpha value is 0.217. The van der Waals surface area contributed by atoms with Gasteiger partial charge in [0.25, 0.3) is 0 Å². The highest BCUT2D eigenvalue weighted by Crippen LogP contribution is 1.80. The smallest absolute Gasteiger partial charge is 0.0166 e. The van der Waals surface area contributed by atoms with Gasteiger partial charge in [0.2, 0.25) is 0 Å². The Bertz CT molecular complexity index is 11.1. The van der Waals surface area contributed by atoms with Crippen molar-refractivity contribution in [1.82, 2.24) is 0 Å². The minimum absolute atomic E-state index is 0.351. The Morgan fingerprint density at radius 1 is 1.80 bits per heavy atom. The zero-order valence-electron chi connectivity index (χ0n) is 3.83. The van der Waals surface area contributed by atoms with Crippen molar-refractivity contribution in [3.05, 3.63) is 6.92 Å². The normalized spacial score (nSPS) is 10.8. The molecular weight excluding hydrogens is 76.1 g/mol. The molecule has 0 atom stereocenters. The Morgan fingerprint density at radius 3 is 2.40 bits per heavy atom. The van der Waals surface area contributed by atoms with Gasteiger partial charge in [-0.3, -0.25) is 0 Å². The maximum Gasteiger partial charge on any atom is 0.0166 e. The van der Waals surface area contributed by atoms with Crippen molar-refractivity contribution in [3.63, 3.8) is 0 Å². The fourth-order valence-corrected chi connectivity index (χ4v) is 0.750. The molecule has 0 bridgehead atoms. The summed E-state index contributed by atoms with van der Waals surface area (Å²) < 4.78 is 0. The van der Waals surface area contributed by atoms with Crippen LogP contribution in [0.15, 0.2) is 0 Å². The largest absolute Gasteiger partial charge is 0.0748 e. The van der Waals surface area contributed by atoms with Gasteiger partial charge in [0.15, 0.2) is 0 Å². The molecule has 0 fully saturated rings. The van der Waals surface area contributed by atoms with Crippen molar-refractivity contribution < 1.29 is 0 Å². The molecule has 0 saturated heterocycles. The summed E-state index contributed by atoms with van der Waals surface area (Å²) in [6.45, 7) is 6.02. The first-order valence-corrected chi connectivity index (χ1v) is 4.62. The van der Waals surface area contributed by atoms with Crippen LogP contribution in [0.1, 0.15) is 6.42 Å². The van der Waals surface area contributed by atoms with E-state index in [9.17, 15) is 0 Å². The van der Waals surface area contributed by atoms with E-state index in [1.54, 1.807) is 0 Å². The van der Waals surface area contributed by atoms with Crippen molar-refractivity contribution in [3.8, 4) is 0 Å². The molecule has 0 aromatic heterocycles. The highest BCUT2D eigenvalue weighted by atomic mass is 28.2. The van der Waals surface area contributed by atoms with E-state index < -0.39 is 0 Å². The Morgan fingerprint density at radius 2 is 2.40 bits per heavy atom. The molecule has 0 unspecified atom stereocenters. The average Bonchev–Trinajstić information content (AvgIpc) is 1.41. The van der Waals surface area contributed by atoms with E-state index in [2.05, 4.69) is 13.5 Å². The summed E-state index contributed by atoms with van der Waals surface area (Å²) in [6, 6.07) is 1.42. The van der Waals surface area contributed by atoms with Crippen LogP contribution in [0.5, 0.6) is 0 Å². The van der Waals surface area contributed by atoms with Crippen LogP contribution < -0.4 is 0 Å². The highest BCUT2D eigenvalue weighted by molar-refractivity contribution is 6.33. The van der Waals surface area contributed by atoms with Gasteiger partial charge >= 0.3 is 0 Å². The monoisotopic (exact) mass is 87.1 g/mol. The topological polar surface area (TPSA) is 0 Å². The van der Waals surface area contributed by atoms with E-state index >= 15 is 0 Å². The Balaban J connectivity index is 2.19. The standard InChI is InChI=1S/C4H11Si/c1-3-4-5-2/h1,3-5H2,2H3. The van der Waals surface area contributed by atoms with Gasteiger partial charge in [0.05, 0.1) is 0 Å². The summed E-state index contributed by atoms with van der Waals surface area (Å²) in [5.74, 6) is 0. The van der Waals surface area contributed by atoms with E-state index in [4.69, 9.17) is 0 Å². The van der Waals surface area contributed by atoms with Crippen LogP contribution in [0.4, 0.5) is 0 Å². The van der Waals surface area contributed by atoms with Gasteiger partial charge in [-0.1, -0.05) is 25.9 Å². The van der Waals surface area contributed by atoms with E-state index in [0.29, 0.717) is 9.52 Å². The van der Waals surface area contributed by atoms with E-state index in [1.165, 1.54) is 6.04 Å². The molecule has 0 aliphatic rings. The summed E-state index contributed by atoms with van der Waals surface area (Å²) in [4.78, 5) is 0. The van der Waals surface area contributed by atoms with Crippen LogP contribution in [0.2, 0.25) is 12.6 Å². The van der Waals surface area contributed by atoms with Gasteiger partial charge in [-0.15, -0.1) is 0 Å². The Kier molecular flexibility index (Phi) is 4.40. The summed E-state index contributed by atoms with van der Waals surface area (Å²) in [5.41, 5.74) is 0. The molecule has 0 rings (SSSR count). The molecule has 0 aliphatic carbocycles. The molecule has 0 aromatic rings. The van der Waals surface area contributed by atoms with Crippen molar-refractivity contribution in [2.45, 2.75) is 19.0 Å². The number of rotatable bonds is 2. The molecule has 0 spiro atoms. The van der Waals surface area contributed by atoms with Gasteiger partial charge in [-0.25, -0.2) is 0 Å². The number of hydrogen-bond acceptors (Lipinski definition) is 0. The fourth-order valence-electron chi connectivity index (χ4n) is 0.250. The van der Waals surface area contributed by atoms with Gasteiger partial charge in [0.1, 0.15) is 0 Å². The molecule has 0 saturated carbocycles. The third-order valence-electron chi connectivity index (χ3n) is 0.604. The molecule has 0 amide bonds. The molecule has 0 aliphatic heterocycles. The van der Waals surface area contributed by atoms with Crippen LogP contribution in [-0.4, -0.2) is 9.52 Å². The minimum Gasteiger partial charge on any atom is -0.0748 e. The molecule has 0 nitrogen and oxygen atoms in total. The molecule has 0 heterocycles. The fraction of sp³-hybridized carbons (Fsp3) is 0.750. The quantitative estimate of drug-likeness (QED) is 0.438. The number of hydrogen-bond donors (Lipinski definition) is 0. The van der Waals surface area contributed by atoms with E-state index in [0.717, 1.165) is 6.42 Å². The van der Waals surface area contributed by atoms with E-state index in [1.807, 2.05) is 0 Å². The first-order valence-electron chi connectivity index (χ1n) is 2.21. The first-order chi connectivity index (χ1) is 2.41. The minimum atomic E-state index is 0.351. The zero-order chi connectivity index (χ0) is 4.12. The second-order valence-corrected chi connectivity index (χ2v) is 2.91.